The first-order valence-corrected chi connectivity index (χ1v) is 9.56. The van der Waals surface area contributed by atoms with Crippen LogP contribution >= 0.6 is 23.2 Å². The van der Waals surface area contributed by atoms with Gasteiger partial charge in [-0.15, -0.1) is 33.0 Å². The lowest BCUT2D eigenvalue weighted by molar-refractivity contribution is 0.201. The van der Waals surface area contributed by atoms with E-state index in [2.05, 4.69) is 21.2 Å². The van der Waals surface area contributed by atoms with E-state index in [-0.39, 0.29) is 24.8 Å². The predicted molar refractivity (Wildman–Crippen MR) is 101 cm³/mol. The zero-order valence-electron chi connectivity index (χ0n) is 14.7. The lowest BCUT2D eigenvalue weighted by atomic mass is 10.1. The molecule has 4 amide bonds. The van der Waals surface area contributed by atoms with Crippen molar-refractivity contribution in [1.29, 1.82) is 0 Å². The molecule has 0 heterocycles. The molecule has 0 aliphatic heterocycles. The van der Waals surface area contributed by atoms with Gasteiger partial charge in [0.25, 0.3) is 0 Å². The fourth-order valence-corrected chi connectivity index (χ4v) is 2.37. The fraction of sp³-hybridized carbons (Fsp3) is 0.857. The Balaban J connectivity index is 3.54. The van der Waals surface area contributed by atoms with E-state index >= 15 is 0 Å². The largest absolute Gasteiger partial charge is 0.340 e. The number of nitrogens with one attached hydrogen (secondary N) is 2. The van der Waals surface area contributed by atoms with Gasteiger partial charge >= 0.3 is 12.1 Å². The number of hydrogen-bond acceptors (Lipinski definition) is 6. The van der Waals surface area contributed by atoms with Gasteiger partial charge in [0.1, 0.15) is 0 Å². The minimum absolute atomic E-state index is 0.0833. The Morgan fingerprint density at radius 3 is 1.35 bits per heavy atom. The smallest absolute Gasteiger partial charge is 0.336 e. The average Bonchev–Trinajstić information content (AvgIpc) is 2.65. The Bertz CT molecular complexity index is 392. The van der Waals surface area contributed by atoms with Crippen molar-refractivity contribution in [2.24, 2.45) is 10.6 Å². The van der Waals surface area contributed by atoms with Gasteiger partial charge < -0.3 is 10.6 Å². The highest BCUT2D eigenvalue weighted by Gasteiger charge is 2.12. The van der Waals surface area contributed by atoms with Gasteiger partial charge in [-0.25, -0.2) is 9.59 Å². The molecule has 10 nitrogen and oxygen atoms in total. The van der Waals surface area contributed by atoms with Gasteiger partial charge in [0, 0.05) is 24.8 Å². The van der Waals surface area contributed by atoms with Crippen molar-refractivity contribution in [3.63, 3.8) is 0 Å². The number of carbonyl (C=O) groups excluding carboxylic acids is 2. The van der Waals surface area contributed by atoms with Crippen LogP contribution in [0.15, 0.2) is 10.6 Å². The van der Waals surface area contributed by atoms with Crippen molar-refractivity contribution in [3.8, 4) is 0 Å². The molecule has 0 saturated heterocycles. The van der Waals surface area contributed by atoms with Crippen LogP contribution in [0.1, 0.15) is 38.5 Å². The third-order valence-corrected chi connectivity index (χ3v) is 3.75. The number of halogens is 2. The summed E-state index contributed by atoms with van der Waals surface area (Å²) in [5.41, 5.74) is 0. The number of nitroso groups, excluding NO2 is 2. The lowest BCUT2D eigenvalue weighted by Gasteiger charge is -2.13. The van der Waals surface area contributed by atoms with E-state index < -0.39 is 12.1 Å². The number of hydrogen-bond donors (Lipinski definition) is 2. The first-order chi connectivity index (χ1) is 12.6. The van der Waals surface area contributed by atoms with Crippen LogP contribution in [0.4, 0.5) is 9.59 Å². The van der Waals surface area contributed by atoms with Gasteiger partial charge in [-0.2, -0.15) is 10.0 Å². The summed E-state index contributed by atoms with van der Waals surface area (Å²) in [5.74, 6) is 0.298. The second-order valence-corrected chi connectivity index (χ2v) is 6.13. The van der Waals surface area contributed by atoms with E-state index in [1.54, 1.807) is 0 Å². The molecule has 0 radical (unpaired) electrons. The van der Waals surface area contributed by atoms with E-state index in [0.717, 1.165) is 48.5 Å². The van der Waals surface area contributed by atoms with Crippen LogP contribution in [-0.4, -0.2) is 60.0 Å². The highest BCUT2D eigenvalue weighted by molar-refractivity contribution is 6.18. The van der Waals surface area contributed by atoms with Crippen molar-refractivity contribution in [1.82, 2.24) is 20.7 Å². The average molecular weight is 413 g/mol. The van der Waals surface area contributed by atoms with Crippen LogP contribution < -0.4 is 10.6 Å². The van der Waals surface area contributed by atoms with Gasteiger partial charge in [0.15, 0.2) is 0 Å². The van der Waals surface area contributed by atoms with Crippen LogP contribution in [0.5, 0.6) is 0 Å². The van der Waals surface area contributed by atoms with Crippen LogP contribution in [0.2, 0.25) is 0 Å². The van der Waals surface area contributed by atoms with Crippen molar-refractivity contribution >= 4 is 35.3 Å². The fourth-order valence-electron chi connectivity index (χ4n) is 2.05. The predicted octanol–water partition coefficient (Wildman–Crippen LogP) is 3.19. The van der Waals surface area contributed by atoms with Crippen LogP contribution in [0.25, 0.3) is 0 Å². The number of carbonyl (C=O) groups is 2. The van der Waals surface area contributed by atoms with Crippen LogP contribution in [0, 0.1) is 9.81 Å². The summed E-state index contributed by atoms with van der Waals surface area (Å²) in [4.78, 5) is 43.9. The molecule has 0 aromatic carbocycles. The molecule has 26 heavy (non-hydrogen) atoms. The maximum Gasteiger partial charge on any atom is 0.340 e. The molecule has 0 unspecified atom stereocenters. The first-order valence-electron chi connectivity index (χ1n) is 8.49. The molecule has 0 aliphatic carbocycles. The molecule has 0 rings (SSSR count). The molecule has 0 aromatic rings. The second kappa shape index (κ2) is 16.8. The molecule has 0 aliphatic rings. The molecule has 150 valence electrons. The SMILES string of the molecule is O=NN(CCCl)C(=O)NCCCCCCCCNC(=O)N(CCCl)N=O. The summed E-state index contributed by atoms with van der Waals surface area (Å²) in [5, 5.41) is 11.9. The van der Waals surface area contributed by atoms with Gasteiger partial charge in [0.2, 0.25) is 0 Å². The monoisotopic (exact) mass is 412 g/mol. The molecule has 0 aromatic heterocycles. The Labute approximate surface area is 162 Å². The third kappa shape index (κ3) is 11.8. The van der Waals surface area contributed by atoms with Gasteiger partial charge in [-0.3, -0.25) is 0 Å². The quantitative estimate of drug-likeness (QED) is 0.185. The second-order valence-electron chi connectivity index (χ2n) is 5.37. The minimum atomic E-state index is -0.538. The topological polar surface area (TPSA) is 124 Å². The van der Waals surface area contributed by atoms with Crippen molar-refractivity contribution in [3.05, 3.63) is 9.81 Å². The van der Waals surface area contributed by atoms with Gasteiger partial charge in [0.05, 0.1) is 23.7 Å². The van der Waals surface area contributed by atoms with E-state index in [0.29, 0.717) is 13.1 Å². The summed E-state index contributed by atoms with van der Waals surface area (Å²) >= 11 is 10.9. The number of amides is 4. The van der Waals surface area contributed by atoms with E-state index in [1.165, 1.54) is 0 Å². The van der Waals surface area contributed by atoms with E-state index in [9.17, 15) is 19.4 Å². The van der Waals surface area contributed by atoms with E-state index in [4.69, 9.17) is 23.2 Å². The Morgan fingerprint density at radius 2 is 1.04 bits per heavy atom. The molecule has 0 spiro atoms. The normalized spacial score (nSPS) is 10.1. The van der Waals surface area contributed by atoms with Crippen LogP contribution in [-0.2, 0) is 0 Å². The molecular formula is C14H26Cl2N6O4. The zero-order chi connectivity index (χ0) is 19.6. The number of unbranched alkanes of at least 4 members (excludes halogenated alkanes) is 5. The van der Waals surface area contributed by atoms with Gasteiger partial charge in [-0.05, 0) is 12.8 Å². The summed E-state index contributed by atoms with van der Waals surface area (Å²) in [6, 6.07) is -1.08. The van der Waals surface area contributed by atoms with Crippen molar-refractivity contribution in [2.45, 2.75) is 38.5 Å². The summed E-state index contributed by atoms with van der Waals surface area (Å²) in [6.07, 6.45) is 5.47. The highest BCUT2D eigenvalue weighted by Crippen LogP contribution is 2.05. The zero-order valence-corrected chi connectivity index (χ0v) is 16.2. The third-order valence-electron chi connectivity index (χ3n) is 3.41. The van der Waals surface area contributed by atoms with Crippen molar-refractivity contribution in [2.75, 3.05) is 37.9 Å². The standard InChI is InChI=1S/C14H26Cl2N6O4/c15-7-11-21(19-25)13(23)17-9-5-3-1-2-4-6-10-18-14(24)22(20-26)12-8-16/h1-12H2,(H,17,23)(H,18,24). The first kappa shape index (κ1) is 24.3. The maximum atomic E-state index is 11.5. The van der Waals surface area contributed by atoms with E-state index in [1.807, 2.05) is 0 Å². The number of alkyl halides is 2. The minimum Gasteiger partial charge on any atom is -0.336 e. The summed E-state index contributed by atoms with van der Waals surface area (Å²) in [7, 11) is 0. The molecule has 0 bridgehead atoms. The number of urea groups is 2. The lowest BCUT2D eigenvalue weighted by Crippen LogP contribution is -2.37. The Kier molecular flexibility index (Phi) is 15.7. The molecular weight excluding hydrogens is 387 g/mol. The maximum absolute atomic E-state index is 11.5. The Morgan fingerprint density at radius 1 is 0.692 bits per heavy atom. The number of nitrogens with zero attached hydrogens (tertiary/aromatic N) is 4. The molecule has 2 N–H and O–H groups in total. The molecule has 0 saturated carbocycles. The molecule has 12 heteroatoms. The molecule has 0 atom stereocenters. The van der Waals surface area contributed by atoms with Crippen molar-refractivity contribution < 1.29 is 9.59 Å². The molecule has 0 fully saturated rings. The Hall–Kier alpha value is -1.68. The summed E-state index contributed by atoms with van der Waals surface area (Å²) < 4.78 is 0. The van der Waals surface area contributed by atoms with Gasteiger partial charge in [-0.1, -0.05) is 25.7 Å². The summed E-state index contributed by atoms with van der Waals surface area (Å²) in [6.45, 7) is 1.11. The van der Waals surface area contributed by atoms with Crippen LogP contribution in [0.3, 0.4) is 0 Å². The highest BCUT2D eigenvalue weighted by atomic mass is 35.5. The number of rotatable bonds is 15.